The summed E-state index contributed by atoms with van der Waals surface area (Å²) in [5.74, 6) is -0.210. The molecule has 2 N–H and O–H groups in total. The van der Waals surface area contributed by atoms with Crippen molar-refractivity contribution in [1.29, 1.82) is 5.26 Å². The lowest BCUT2D eigenvalue weighted by molar-refractivity contribution is -0.115. The summed E-state index contributed by atoms with van der Waals surface area (Å²) in [6, 6.07) is 13.3. The predicted octanol–water partition coefficient (Wildman–Crippen LogP) is 2.94. The van der Waals surface area contributed by atoms with E-state index in [1.807, 2.05) is 56.1 Å². The van der Waals surface area contributed by atoms with E-state index >= 15 is 0 Å². The van der Waals surface area contributed by atoms with Crippen LogP contribution in [0.1, 0.15) is 37.1 Å². The second-order valence-electron chi connectivity index (χ2n) is 7.83. The van der Waals surface area contributed by atoms with E-state index in [4.69, 9.17) is 4.99 Å². The number of nitriles is 1. The number of aliphatic hydroxyl groups excluding tert-OH is 1. The minimum absolute atomic E-state index is 0.0829. The molecule has 32 heavy (non-hydrogen) atoms. The van der Waals surface area contributed by atoms with Crippen LogP contribution >= 0.6 is 0 Å². The maximum absolute atomic E-state index is 12.6. The first kappa shape index (κ1) is 21.2. The SMILES string of the molecule is CC(C)N(C)c1cc2c(cc1C#N)NC(=O)CC(c1cccc(-n3nncc3CO)c1)=N2. The Bertz CT molecular complexity index is 1250. The van der Waals surface area contributed by atoms with Crippen molar-refractivity contribution in [2.75, 3.05) is 17.3 Å². The molecule has 0 atom stereocenters. The fourth-order valence-electron chi connectivity index (χ4n) is 3.53. The molecule has 4 rings (SSSR count). The highest BCUT2D eigenvalue weighted by atomic mass is 16.3. The van der Waals surface area contributed by atoms with Crippen molar-refractivity contribution in [3.63, 3.8) is 0 Å². The first-order valence-corrected chi connectivity index (χ1v) is 10.2. The minimum Gasteiger partial charge on any atom is -0.390 e. The Morgan fingerprint density at radius 1 is 1.31 bits per heavy atom. The third-order valence-corrected chi connectivity index (χ3v) is 5.45. The van der Waals surface area contributed by atoms with Gasteiger partial charge in [0.2, 0.25) is 5.91 Å². The summed E-state index contributed by atoms with van der Waals surface area (Å²) >= 11 is 0. The smallest absolute Gasteiger partial charge is 0.230 e. The average Bonchev–Trinajstić information content (AvgIpc) is 3.21. The molecule has 0 spiro atoms. The third kappa shape index (κ3) is 3.96. The standard InChI is InChI=1S/C23H23N7O2/c1-14(2)29(3)22-9-21-20(8-16(22)11-24)27-23(32)10-19(26-21)15-5-4-6-17(7-15)30-18(13-31)12-25-28-30/h4-9,12,14,31H,10,13H2,1-3H3,(H,27,32). The van der Waals surface area contributed by atoms with Crippen LogP contribution in [0.5, 0.6) is 0 Å². The molecule has 1 aromatic heterocycles. The van der Waals surface area contributed by atoms with E-state index in [0.29, 0.717) is 34.0 Å². The van der Waals surface area contributed by atoms with Gasteiger partial charge < -0.3 is 15.3 Å². The molecule has 0 saturated heterocycles. The lowest BCUT2D eigenvalue weighted by atomic mass is 10.1. The molecule has 2 heterocycles. The zero-order valence-corrected chi connectivity index (χ0v) is 18.1. The average molecular weight is 429 g/mol. The Labute approximate surface area is 185 Å². The van der Waals surface area contributed by atoms with E-state index in [-0.39, 0.29) is 25.0 Å². The van der Waals surface area contributed by atoms with Crippen LogP contribution in [0.2, 0.25) is 0 Å². The Hall–Kier alpha value is -4.03. The Morgan fingerprint density at radius 3 is 2.84 bits per heavy atom. The summed E-state index contributed by atoms with van der Waals surface area (Å²) < 4.78 is 1.55. The number of carbonyl (C=O) groups is 1. The summed E-state index contributed by atoms with van der Waals surface area (Å²) in [6.45, 7) is 3.89. The van der Waals surface area contributed by atoms with Crippen molar-refractivity contribution >= 4 is 28.7 Å². The molecule has 0 aliphatic carbocycles. The molecule has 3 aromatic rings. The molecular weight excluding hydrogens is 406 g/mol. The minimum atomic E-state index is -0.210. The Kier molecular flexibility index (Phi) is 5.71. The summed E-state index contributed by atoms with van der Waals surface area (Å²) in [6.07, 6.45) is 1.58. The second-order valence-corrected chi connectivity index (χ2v) is 7.83. The quantitative estimate of drug-likeness (QED) is 0.644. The number of fused-ring (bicyclic) bond motifs is 1. The van der Waals surface area contributed by atoms with Crippen LogP contribution in [0.15, 0.2) is 47.6 Å². The van der Waals surface area contributed by atoms with Crippen LogP contribution < -0.4 is 10.2 Å². The number of amides is 1. The number of carbonyl (C=O) groups excluding carboxylic acids is 1. The number of hydrogen-bond donors (Lipinski definition) is 2. The zero-order chi connectivity index (χ0) is 22.8. The van der Waals surface area contributed by atoms with E-state index < -0.39 is 0 Å². The number of aliphatic hydroxyl groups is 1. The number of anilines is 2. The fourth-order valence-corrected chi connectivity index (χ4v) is 3.53. The first-order chi connectivity index (χ1) is 15.4. The van der Waals surface area contributed by atoms with Crippen molar-refractivity contribution in [2.24, 2.45) is 4.99 Å². The normalized spacial score (nSPS) is 13.1. The number of hydrogen-bond acceptors (Lipinski definition) is 7. The molecule has 1 aliphatic heterocycles. The van der Waals surface area contributed by atoms with Gasteiger partial charge in [-0.2, -0.15) is 5.26 Å². The van der Waals surface area contributed by atoms with Crippen molar-refractivity contribution in [3.8, 4) is 11.8 Å². The molecule has 2 aromatic carbocycles. The number of nitrogens with one attached hydrogen (secondary N) is 1. The molecule has 0 bridgehead atoms. The predicted molar refractivity (Wildman–Crippen MR) is 121 cm³/mol. The van der Waals surface area contributed by atoms with E-state index in [0.717, 1.165) is 11.3 Å². The van der Waals surface area contributed by atoms with E-state index in [9.17, 15) is 15.2 Å². The van der Waals surface area contributed by atoms with Crippen LogP contribution in [0.25, 0.3) is 5.69 Å². The van der Waals surface area contributed by atoms with E-state index in [1.54, 1.807) is 10.7 Å². The van der Waals surface area contributed by atoms with Gasteiger partial charge in [-0.25, -0.2) is 4.68 Å². The van der Waals surface area contributed by atoms with E-state index in [1.165, 1.54) is 6.20 Å². The third-order valence-electron chi connectivity index (χ3n) is 5.45. The van der Waals surface area contributed by atoms with Gasteiger partial charge in [-0.15, -0.1) is 5.10 Å². The first-order valence-electron chi connectivity index (χ1n) is 10.2. The van der Waals surface area contributed by atoms with Gasteiger partial charge in [-0.1, -0.05) is 17.3 Å². The molecule has 162 valence electrons. The van der Waals surface area contributed by atoms with Crippen molar-refractivity contribution in [2.45, 2.75) is 32.9 Å². The molecule has 9 heteroatoms. The number of aromatic nitrogens is 3. The van der Waals surface area contributed by atoms with Crippen LogP contribution in [0, 0.1) is 11.3 Å². The van der Waals surface area contributed by atoms with Gasteiger partial charge in [0.1, 0.15) is 6.07 Å². The fraction of sp³-hybridized carbons (Fsp3) is 0.261. The number of nitrogens with zero attached hydrogens (tertiary/aromatic N) is 6. The highest BCUT2D eigenvalue weighted by Gasteiger charge is 2.21. The van der Waals surface area contributed by atoms with Gasteiger partial charge in [0, 0.05) is 13.1 Å². The molecular formula is C23H23N7O2. The van der Waals surface area contributed by atoms with Gasteiger partial charge in [0.05, 0.1) is 58.9 Å². The summed E-state index contributed by atoms with van der Waals surface area (Å²) in [7, 11) is 1.92. The molecule has 0 unspecified atom stereocenters. The van der Waals surface area contributed by atoms with Gasteiger partial charge in [-0.05, 0) is 43.7 Å². The highest BCUT2D eigenvalue weighted by Crippen LogP contribution is 2.36. The van der Waals surface area contributed by atoms with Crippen molar-refractivity contribution < 1.29 is 9.90 Å². The number of aliphatic imine (C=N–C) groups is 1. The largest absolute Gasteiger partial charge is 0.390 e. The lowest BCUT2D eigenvalue weighted by Gasteiger charge is -2.25. The molecule has 0 saturated carbocycles. The number of rotatable bonds is 5. The van der Waals surface area contributed by atoms with Crippen LogP contribution in [-0.2, 0) is 11.4 Å². The molecule has 1 aliphatic rings. The molecule has 9 nitrogen and oxygen atoms in total. The lowest BCUT2D eigenvalue weighted by Crippen LogP contribution is -2.26. The molecule has 0 radical (unpaired) electrons. The maximum Gasteiger partial charge on any atom is 0.230 e. The summed E-state index contributed by atoms with van der Waals surface area (Å²) in [5.41, 5.74) is 4.94. The van der Waals surface area contributed by atoms with Gasteiger partial charge >= 0.3 is 0 Å². The summed E-state index contributed by atoms with van der Waals surface area (Å²) in [5, 5.41) is 29.9. The Balaban J connectivity index is 1.82. The van der Waals surface area contributed by atoms with Gasteiger partial charge in [-0.3, -0.25) is 9.79 Å². The maximum atomic E-state index is 12.6. The van der Waals surface area contributed by atoms with E-state index in [2.05, 4.69) is 21.7 Å². The Morgan fingerprint density at radius 2 is 2.12 bits per heavy atom. The van der Waals surface area contributed by atoms with Gasteiger partial charge in [0.25, 0.3) is 0 Å². The molecule has 1 amide bonds. The van der Waals surface area contributed by atoms with Crippen LogP contribution in [0.3, 0.4) is 0 Å². The van der Waals surface area contributed by atoms with Gasteiger partial charge in [0.15, 0.2) is 0 Å². The monoisotopic (exact) mass is 429 g/mol. The zero-order valence-electron chi connectivity index (χ0n) is 18.1. The highest BCUT2D eigenvalue weighted by molar-refractivity contribution is 6.17. The summed E-state index contributed by atoms with van der Waals surface area (Å²) in [4.78, 5) is 19.4. The topological polar surface area (TPSA) is 119 Å². The number of benzene rings is 2. The van der Waals surface area contributed by atoms with Crippen LogP contribution in [-0.4, -0.2) is 44.8 Å². The van der Waals surface area contributed by atoms with Crippen molar-refractivity contribution in [3.05, 3.63) is 59.4 Å². The second kappa shape index (κ2) is 8.61. The molecule has 0 fully saturated rings. The van der Waals surface area contributed by atoms with Crippen LogP contribution in [0.4, 0.5) is 17.1 Å². The van der Waals surface area contributed by atoms with Crippen molar-refractivity contribution in [1.82, 2.24) is 15.0 Å².